The maximum absolute atomic E-state index is 12.6. The molecule has 0 unspecified atom stereocenters. The van der Waals surface area contributed by atoms with Crippen LogP contribution in [0.4, 0.5) is 5.69 Å². The Bertz CT molecular complexity index is 852. The van der Waals surface area contributed by atoms with Crippen LogP contribution in [0.15, 0.2) is 30.3 Å². The molecule has 1 aromatic carbocycles. The molecule has 7 nitrogen and oxygen atoms in total. The number of para-hydroxylation sites is 1. The molecule has 7 heteroatoms. The molecule has 1 aliphatic heterocycles. The highest BCUT2D eigenvalue weighted by Crippen LogP contribution is 2.23. The van der Waals surface area contributed by atoms with Crippen molar-refractivity contribution in [2.45, 2.75) is 46.6 Å². The number of amides is 2. The van der Waals surface area contributed by atoms with Crippen LogP contribution < -0.4 is 10.6 Å². The van der Waals surface area contributed by atoms with Gasteiger partial charge in [-0.2, -0.15) is 5.10 Å². The predicted octanol–water partition coefficient (Wildman–Crippen LogP) is 2.66. The van der Waals surface area contributed by atoms with E-state index in [1.165, 1.54) is 0 Å². The summed E-state index contributed by atoms with van der Waals surface area (Å²) in [5.74, 6) is 0.128. The Kier molecular flexibility index (Phi) is 6.69. The van der Waals surface area contributed by atoms with Crippen LogP contribution in [0.3, 0.4) is 0 Å². The molecule has 0 radical (unpaired) electrons. The third-order valence-corrected chi connectivity index (χ3v) is 5.31. The molecule has 2 N–H and O–H groups in total. The number of benzene rings is 1. The number of aryl methyl sites for hydroxylation is 1. The summed E-state index contributed by atoms with van der Waals surface area (Å²) in [6, 6.07) is 10.0. The minimum Gasteiger partial charge on any atom is -0.354 e. The average Bonchev–Trinajstić information content (AvgIpc) is 2.97. The van der Waals surface area contributed by atoms with Gasteiger partial charge in [0.25, 0.3) is 0 Å². The van der Waals surface area contributed by atoms with Gasteiger partial charge in [0, 0.05) is 12.0 Å². The molecule has 0 spiro atoms. The van der Waals surface area contributed by atoms with Gasteiger partial charge in [-0.25, -0.2) is 4.68 Å². The summed E-state index contributed by atoms with van der Waals surface area (Å²) in [6.45, 7) is 9.65. The second-order valence-corrected chi connectivity index (χ2v) is 8.06. The minimum absolute atomic E-state index is 0.0466. The van der Waals surface area contributed by atoms with Gasteiger partial charge >= 0.3 is 0 Å². The topological polar surface area (TPSA) is 79.3 Å². The number of carbonyl (C=O) groups is 2. The van der Waals surface area contributed by atoms with E-state index < -0.39 is 0 Å². The summed E-state index contributed by atoms with van der Waals surface area (Å²) in [5, 5.41) is 10.6. The Labute approximate surface area is 172 Å². The monoisotopic (exact) mass is 397 g/mol. The van der Waals surface area contributed by atoms with Crippen LogP contribution in [0, 0.1) is 19.8 Å². The number of rotatable bonds is 6. The average molecular weight is 398 g/mol. The number of nitrogens with one attached hydrogen (secondary N) is 2. The highest BCUT2D eigenvalue weighted by molar-refractivity contribution is 5.93. The molecule has 3 rings (SSSR count). The van der Waals surface area contributed by atoms with Gasteiger partial charge in [0.05, 0.1) is 29.3 Å². The summed E-state index contributed by atoms with van der Waals surface area (Å²) >= 11 is 0. The molecule has 2 amide bonds. The van der Waals surface area contributed by atoms with Crippen molar-refractivity contribution in [2.24, 2.45) is 5.92 Å². The highest BCUT2D eigenvalue weighted by atomic mass is 16.2. The largest absolute Gasteiger partial charge is 0.354 e. The van der Waals surface area contributed by atoms with Crippen LogP contribution in [0.25, 0.3) is 5.69 Å². The number of hydrogen-bond acceptors (Lipinski definition) is 4. The number of aromatic nitrogens is 2. The number of nitrogens with zero attached hydrogens (tertiary/aromatic N) is 3. The standard InChI is InChI=1S/C22H31N5O2/c1-15(2)23-22(29)18-10-12-26(13-11-18)14-20(28)24-21-16(3)25-27(17(21)4)19-8-6-5-7-9-19/h5-9,15,18H,10-14H2,1-4H3,(H,23,29)(H,24,28). The molecular formula is C22H31N5O2. The molecule has 0 bridgehead atoms. The first-order valence-electron chi connectivity index (χ1n) is 10.3. The molecular weight excluding hydrogens is 366 g/mol. The maximum atomic E-state index is 12.6. The van der Waals surface area contributed by atoms with E-state index in [0.717, 1.165) is 48.7 Å². The third-order valence-electron chi connectivity index (χ3n) is 5.31. The third kappa shape index (κ3) is 5.23. The number of anilines is 1. The van der Waals surface area contributed by atoms with Crippen molar-refractivity contribution in [3.05, 3.63) is 41.7 Å². The molecule has 2 aromatic rings. The Morgan fingerprint density at radius 1 is 1.14 bits per heavy atom. The van der Waals surface area contributed by atoms with Crippen LogP contribution in [-0.2, 0) is 9.59 Å². The number of likely N-dealkylation sites (tertiary alicyclic amines) is 1. The van der Waals surface area contributed by atoms with Gasteiger partial charge in [0.1, 0.15) is 0 Å². The minimum atomic E-state index is -0.0473. The number of carbonyl (C=O) groups excluding carboxylic acids is 2. The number of piperidine rings is 1. The lowest BCUT2D eigenvalue weighted by molar-refractivity contribution is -0.127. The van der Waals surface area contributed by atoms with E-state index in [4.69, 9.17) is 0 Å². The Morgan fingerprint density at radius 3 is 2.41 bits per heavy atom. The smallest absolute Gasteiger partial charge is 0.238 e. The summed E-state index contributed by atoms with van der Waals surface area (Å²) < 4.78 is 1.85. The quantitative estimate of drug-likeness (QED) is 0.785. The van der Waals surface area contributed by atoms with Crippen LogP contribution in [0.2, 0.25) is 0 Å². The predicted molar refractivity (Wildman–Crippen MR) is 114 cm³/mol. The Hall–Kier alpha value is -2.67. The van der Waals surface area contributed by atoms with Crippen molar-refractivity contribution >= 4 is 17.5 Å². The first kappa shape index (κ1) is 21.0. The lowest BCUT2D eigenvalue weighted by atomic mass is 9.95. The Balaban J connectivity index is 1.56. The lowest BCUT2D eigenvalue weighted by Gasteiger charge is -2.31. The van der Waals surface area contributed by atoms with Crippen LogP contribution in [-0.4, -0.2) is 52.2 Å². The fourth-order valence-corrected chi connectivity index (χ4v) is 3.78. The first-order valence-corrected chi connectivity index (χ1v) is 10.3. The van der Waals surface area contributed by atoms with Gasteiger partial charge < -0.3 is 10.6 Å². The van der Waals surface area contributed by atoms with Crippen molar-refractivity contribution in [3.63, 3.8) is 0 Å². The molecule has 0 aliphatic carbocycles. The van der Waals surface area contributed by atoms with E-state index in [0.29, 0.717) is 6.54 Å². The summed E-state index contributed by atoms with van der Waals surface area (Å²) in [7, 11) is 0. The number of hydrogen-bond donors (Lipinski definition) is 2. The highest BCUT2D eigenvalue weighted by Gasteiger charge is 2.26. The lowest BCUT2D eigenvalue weighted by Crippen LogP contribution is -2.44. The zero-order valence-corrected chi connectivity index (χ0v) is 17.7. The summed E-state index contributed by atoms with van der Waals surface area (Å²) in [4.78, 5) is 26.9. The molecule has 156 valence electrons. The maximum Gasteiger partial charge on any atom is 0.238 e. The fraction of sp³-hybridized carbons (Fsp3) is 0.500. The zero-order valence-electron chi connectivity index (χ0n) is 17.7. The van der Waals surface area contributed by atoms with Crippen molar-refractivity contribution in [1.82, 2.24) is 20.0 Å². The van der Waals surface area contributed by atoms with Crippen LogP contribution in [0.1, 0.15) is 38.1 Å². The molecule has 29 heavy (non-hydrogen) atoms. The van der Waals surface area contributed by atoms with Gasteiger partial charge in [0.2, 0.25) is 11.8 Å². The van der Waals surface area contributed by atoms with Crippen molar-refractivity contribution in [1.29, 1.82) is 0 Å². The van der Waals surface area contributed by atoms with Crippen LogP contribution >= 0.6 is 0 Å². The van der Waals surface area contributed by atoms with Gasteiger partial charge in [-0.05, 0) is 65.8 Å². The molecule has 1 aromatic heterocycles. The molecule has 0 saturated carbocycles. The van der Waals surface area contributed by atoms with E-state index in [-0.39, 0.29) is 23.8 Å². The second-order valence-electron chi connectivity index (χ2n) is 8.06. The Morgan fingerprint density at radius 2 is 1.79 bits per heavy atom. The molecule has 1 saturated heterocycles. The van der Waals surface area contributed by atoms with Gasteiger partial charge in [-0.1, -0.05) is 18.2 Å². The molecule has 0 atom stereocenters. The van der Waals surface area contributed by atoms with Gasteiger partial charge in [0.15, 0.2) is 0 Å². The summed E-state index contributed by atoms with van der Waals surface area (Å²) in [5.41, 5.74) is 3.44. The van der Waals surface area contributed by atoms with E-state index in [1.807, 2.05) is 62.7 Å². The summed E-state index contributed by atoms with van der Waals surface area (Å²) in [6.07, 6.45) is 1.58. The van der Waals surface area contributed by atoms with E-state index in [9.17, 15) is 9.59 Å². The van der Waals surface area contributed by atoms with Gasteiger partial charge in [-0.15, -0.1) is 0 Å². The van der Waals surface area contributed by atoms with Crippen LogP contribution in [0.5, 0.6) is 0 Å². The van der Waals surface area contributed by atoms with E-state index in [2.05, 4.69) is 20.6 Å². The second kappa shape index (κ2) is 9.22. The molecule has 2 heterocycles. The SMILES string of the molecule is Cc1nn(-c2ccccc2)c(C)c1NC(=O)CN1CCC(C(=O)NC(C)C)CC1. The molecule has 1 fully saturated rings. The first-order chi connectivity index (χ1) is 13.8. The van der Waals surface area contributed by atoms with Crippen molar-refractivity contribution < 1.29 is 9.59 Å². The van der Waals surface area contributed by atoms with E-state index in [1.54, 1.807) is 0 Å². The molecule has 1 aliphatic rings. The van der Waals surface area contributed by atoms with E-state index >= 15 is 0 Å². The normalized spacial score (nSPS) is 15.5. The van der Waals surface area contributed by atoms with Gasteiger partial charge in [-0.3, -0.25) is 14.5 Å². The zero-order chi connectivity index (χ0) is 21.0. The fourth-order valence-electron chi connectivity index (χ4n) is 3.78. The van der Waals surface area contributed by atoms with Crippen molar-refractivity contribution in [3.8, 4) is 5.69 Å². The van der Waals surface area contributed by atoms with Crippen molar-refractivity contribution in [2.75, 3.05) is 25.0 Å².